The van der Waals surface area contributed by atoms with Gasteiger partial charge in [0.2, 0.25) is 0 Å². The van der Waals surface area contributed by atoms with Gasteiger partial charge in [0.25, 0.3) is 0 Å². The average Bonchev–Trinajstić information content (AvgIpc) is 2.39. The Kier molecular flexibility index (Phi) is 5.02. The molecule has 0 spiro atoms. The first-order valence-electron chi connectivity index (χ1n) is 9.63. The second-order valence-corrected chi connectivity index (χ2v) is 9.14. The lowest BCUT2D eigenvalue weighted by Crippen LogP contribution is -2.61. The van der Waals surface area contributed by atoms with Crippen molar-refractivity contribution in [2.75, 3.05) is 26.2 Å². The molecule has 3 rings (SSSR count). The van der Waals surface area contributed by atoms with Crippen molar-refractivity contribution >= 4 is 12.1 Å². The minimum Gasteiger partial charge on any atom is -0.481 e. The largest absolute Gasteiger partial charge is 0.481 e. The van der Waals surface area contributed by atoms with Crippen molar-refractivity contribution in [3.8, 4) is 0 Å². The van der Waals surface area contributed by atoms with Crippen LogP contribution in [0.4, 0.5) is 4.79 Å². The van der Waals surface area contributed by atoms with Crippen LogP contribution in [0, 0.1) is 11.8 Å². The van der Waals surface area contributed by atoms with E-state index in [1.165, 1.54) is 6.42 Å². The van der Waals surface area contributed by atoms with E-state index in [1.807, 2.05) is 20.8 Å². The van der Waals surface area contributed by atoms with Crippen molar-refractivity contribution in [2.45, 2.75) is 70.4 Å². The van der Waals surface area contributed by atoms with E-state index in [4.69, 9.17) is 4.74 Å². The number of ether oxygens (including phenoxy) is 1. The quantitative estimate of drug-likeness (QED) is 0.842. The predicted molar refractivity (Wildman–Crippen MR) is 94.4 cm³/mol. The van der Waals surface area contributed by atoms with Gasteiger partial charge < -0.3 is 14.7 Å². The highest BCUT2D eigenvalue weighted by atomic mass is 16.6. The maximum Gasteiger partial charge on any atom is 0.410 e. The van der Waals surface area contributed by atoms with Gasteiger partial charge in [-0.25, -0.2) is 4.79 Å². The summed E-state index contributed by atoms with van der Waals surface area (Å²) in [6, 6.07) is 0. The first-order valence-corrected chi connectivity index (χ1v) is 9.63. The molecule has 3 aliphatic rings. The summed E-state index contributed by atoms with van der Waals surface area (Å²) in [6.07, 6.45) is 5.56. The Labute approximate surface area is 150 Å². The van der Waals surface area contributed by atoms with Crippen molar-refractivity contribution in [1.82, 2.24) is 9.80 Å². The molecule has 1 amide bonds. The molecule has 0 aromatic rings. The number of amides is 1. The van der Waals surface area contributed by atoms with Crippen LogP contribution in [0.1, 0.15) is 59.3 Å². The zero-order valence-corrected chi connectivity index (χ0v) is 15.8. The molecule has 2 saturated heterocycles. The molecule has 0 bridgehead atoms. The number of nitrogens with zero attached hydrogens (tertiary/aromatic N) is 2. The van der Waals surface area contributed by atoms with Crippen LogP contribution >= 0.6 is 0 Å². The van der Waals surface area contributed by atoms with Crippen LogP contribution in [0.2, 0.25) is 0 Å². The molecule has 0 radical (unpaired) electrons. The lowest BCUT2D eigenvalue weighted by Gasteiger charge is -2.54. The molecule has 2 aliphatic heterocycles. The number of hydrogen-bond acceptors (Lipinski definition) is 4. The molecule has 25 heavy (non-hydrogen) atoms. The van der Waals surface area contributed by atoms with Gasteiger partial charge in [-0.3, -0.25) is 9.69 Å². The Balaban J connectivity index is 1.52. The van der Waals surface area contributed by atoms with E-state index in [0.29, 0.717) is 11.8 Å². The van der Waals surface area contributed by atoms with E-state index in [-0.39, 0.29) is 18.1 Å². The van der Waals surface area contributed by atoms with Crippen LogP contribution in [0.25, 0.3) is 0 Å². The molecular weight excluding hydrogens is 320 g/mol. The van der Waals surface area contributed by atoms with Crippen molar-refractivity contribution in [2.24, 2.45) is 11.8 Å². The monoisotopic (exact) mass is 352 g/mol. The molecule has 6 heteroatoms. The third kappa shape index (κ3) is 4.10. The number of carbonyl (C=O) groups excluding carboxylic acids is 1. The topological polar surface area (TPSA) is 70.1 Å². The standard InChI is InChI=1S/C19H32N2O4/c1-18(2,3)25-17(24)20-11-15(12-20)14-6-4-9-21(13-14)19(7-5-8-19)10-16(22)23/h14-15H,4-13H2,1-3H3,(H,22,23). The van der Waals surface area contributed by atoms with Crippen molar-refractivity contribution in [1.29, 1.82) is 0 Å². The molecule has 0 aromatic carbocycles. The normalized spacial score (nSPS) is 27.3. The van der Waals surface area contributed by atoms with Crippen LogP contribution in [-0.4, -0.2) is 64.3 Å². The third-order valence-corrected chi connectivity index (χ3v) is 6.12. The van der Waals surface area contributed by atoms with Crippen LogP contribution in [0.5, 0.6) is 0 Å². The van der Waals surface area contributed by atoms with Crippen LogP contribution in [-0.2, 0) is 9.53 Å². The van der Waals surface area contributed by atoms with Gasteiger partial charge in [0, 0.05) is 25.2 Å². The molecule has 2 heterocycles. The van der Waals surface area contributed by atoms with E-state index < -0.39 is 11.6 Å². The molecule has 0 aromatic heterocycles. The van der Waals surface area contributed by atoms with Gasteiger partial charge in [-0.2, -0.15) is 0 Å². The Morgan fingerprint density at radius 3 is 2.32 bits per heavy atom. The van der Waals surface area contributed by atoms with E-state index in [0.717, 1.165) is 51.9 Å². The summed E-state index contributed by atoms with van der Waals surface area (Å²) in [5, 5.41) is 9.28. The first kappa shape index (κ1) is 18.5. The van der Waals surface area contributed by atoms with Gasteiger partial charge in [-0.05, 0) is 71.3 Å². The fraction of sp³-hybridized carbons (Fsp3) is 0.895. The maximum absolute atomic E-state index is 12.1. The molecule has 6 nitrogen and oxygen atoms in total. The fourth-order valence-corrected chi connectivity index (χ4v) is 4.58. The summed E-state index contributed by atoms with van der Waals surface area (Å²) in [5.41, 5.74) is -0.545. The van der Waals surface area contributed by atoms with Crippen molar-refractivity contribution in [3.05, 3.63) is 0 Å². The molecule has 1 N–H and O–H groups in total. The molecule has 3 fully saturated rings. The number of carbonyl (C=O) groups is 2. The Morgan fingerprint density at radius 2 is 1.80 bits per heavy atom. The summed E-state index contributed by atoms with van der Waals surface area (Å²) in [4.78, 5) is 27.6. The Bertz CT molecular complexity index is 518. The van der Waals surface area contributed by atoms with Crippen molar-refractivity contribution < 1.29 is 19.4 Å². The van der Waals surface area contributed by atoms with Gasteiger partial charge in [0.1, 0.15) is 5.60 Å². The number of likely N-dealkylation sites (tertiary alicyclic amines) is 2. The van der Waals surface area contributed by atoms with E-state index in [9.17, 15) is 14.7 Å². The van der Waals surface area contributed by atoms with E-state index >= 15 is 0 Å². The summed E-state index contributed by atoms with van der Waals surface area (Å²) in [6.45, 7) is 9.23. The minimum absolute atomic E-state index is 0.0981. The van der Waals surface area contributed by atoms with Gasteiger partial charge in [-0.1, -0.05) is 0 Å². The highest BCUT2D eigenvalue weighted by Crippen LogP contribution is 2.44. The lowest BCUT2D eigenvalue weighted by atomic mass is 9.70. The number of aliphatic carboxylic acids is 1. The van der Waals surface area contributed by atoms with Gasteiger partial charge in [-0.15, -0.1) is 0 Å². The highest BCUT2D eigenvalue weighted by molar-refractivity contribution is 5.69. The first-order chi connectivity index (χ1) is 11.7. The maximum atomic E-state index is 12.1. The summed E-state index contributed by atoms with van der Waals surface area (Å²) < 4.78 is 5.43. The molecule has 1 atom stereocenters. The third-order valence-electron chi connectivity index (χ3n) is 6.12. The van der Waals surface area contributed by atoms with E-state index in [1.54, 1.807) is 4.90 Å². The van der Waals surface area contributed by atoms with Crippen molar-refractivity contribution in [3.63, 3.8) is 0 Å². The van der Waals surface area contributed by atoms with Gasteiger partial charge in [0.15, 0.2) is 0 Å². The fourth-order valence-electron chi connectivity index (χ4n) is 4.58. The number of carboxylic acid groups (broad SMARTS) is 1. The molecule has 1 unspecified atom stereocenters. The smallest absolute Gasteiger partial charge is 0.410 e. The summed E-state index contributed by atoms with van der Waals surface area (Å²) in [7, 11) is 0. The molecule has 1 saturated carbocycles. The second kappa shape index (κ2) is 6.78. The molecule has 142 valence electrons. The van der Waals surface area contributed by atoms with Gasteiger partial charge >= 0.3 is 12.1 Å². The Morgan fingerprint density at radius 1 is 1.12 bits per heavy atom. The molecule has 1 aliphatic carbocycles. The number of carboxylic acids is 1. The zero-order chi connectivity index (χ0) is 18.2. The number of hydrogen-bond donors (Lipinski definition) is 1. The van der Waals surface area contributed by atoms with Gasteiger partial charge in [0.05, 0.1) is 6.42 Å². The number of rotatable bonds is 4. The number of piperidine rings is 1. The van der Waals surface area contributed by atoms with Crippen LogP contribution < -0.4 is 0 Å². The highest BCUT2D eigenvalue weighted by Gasteiger charge is 2.47. The Hall–Kier alpha value is -1.30. The van der Waals surface area contributed by atoms with Crippen LogP contribution in [0.15, 0.2) is 0 Å². The SMILES string of the molecule is CC(C)(C)OC(=O)N1CC(C2CCCN(C3(CC(=O)O)CCC3)C2)C1. The summed E-state index contributed by atoms with van der Waals surface area (Å²) >= 11 is 0. The van der Waals surface area contributed by atoms with Crippen LogP contribution in [0.3, 0.4) is 0 Å². The second-order valence-electron chi connectivity index (χ2n) is 9.14. The lowest BCUT2D eigenvalue weighted by molar-refractivity contribution is -0.144. The minimum atomic E-state index is -0.679. The average molecular weight is 352 g/mol. The zero-order valence-electron chi connectivity index (χ0n) is 15.8. The summed E-state index contributed by atoms with van der Waals surface area (Å²) in [5.74, 6) is 0.414. The predicted octanol–water partition coefficient (Wildman–Crippen LogP) is 2.96. The molecular formula is C19H32N2O4. The van der Waals surface area contributed by atoms with E-state index in [2.05, 4.69) is 4.90 Å².